The molecule has 0 aromatic heterocycles. The van der Waals surface area contributed by atoms with Crippen LogP contribution in [0.5, 0.6) is 0 Å². The van der Waals surface area contributed by atoms with Crippen molar-refractivity contribution in [1.82, 2.24) is 10.0 Å². The summed E-state index contributed by atoms with van der Waals surface area (Å²) in [5.74, 6) is -0.473. The van der Waals surface area contributed by atoms with E-state index in [0.29, 0.717) is 18.7 Å². The van der Waals surface area contributed by atoms with Crippen LogP contribution in [0.3, 0.4) is 0 Å². The Hall–Kier alpha value is -0.500. The van der Waals surface area contributed by atoms with E-state index < -0.39 is 15.8 Å². The molecule has 0 aliphatic carbocycles. The number of sulfonamides is 1. The first kappa shape index (κ1) is 15.6. The Morgan fingerprint density at radius 2 is 2.00 bits per heavy atom. The van der Waals surface area contributed by atoms with Crippen LogP contribution in [0.15, 0.2) is 21.5 Å². The molecule has 0 fully saturated rings. The standard InChI is InChI=1S/C11H16BrFN2O2S/c1-3-14-4-5-15-18(16,17)11-7-9(12)10(13)6-8(11)2/h6-7,14-15H,3-5H2,1-2H3. The minimum absolute atomic E-state index is 0.0901. The number of likely N-dealkylation sites (N-methyl/N-ethyl adjacent to an activating group) is 1. The fourth-order valence-electron chi connectivity index (χ4n) is 1.45. The Morgan fingerprint density at radius 1 is 1.33 bits per heavy atom. The quantitative estimate of drug-likeness (QED) is 0.777. The highest BCUT2D eigenvalue weighted by molar-refractivity contribution is 9.10. The van der Waals surface area contributed by atoms with E-state index in [1.165, 1.54) is 12.1 Å². The third-order valence-corrected chi connectivity index (χ3v) is 4.56. The molecule has 0 bridgehead atoms. The van der Waals surface area contributed by atoms with Crippen molar-refractivity contribution in [2.24, 2.45) is 0 Å². The number of hydrogen-bond acceptors (Lipinski definition) is 3. The van der Waals surface area contributed by atoms with Gasteiger partial charge in [0.1, 0.15) is 5.82 Å². The maximum atomic E-state index is 13.2. The van der Waals surface area contributed by atoms with E-state index >= 15 is 0 Å². The summed E-state index contributed by atoms with van der Waals surface area (Å²) >= 11 is 2.99. The number of nitrogens with one attached hydrogen (secondary N) is 2. The zero-order valence-electron chi connectivity index (χ0n) is 10.3. The fraction of sp³-hybridized carbons (Fsp3) is 0.455. The number of hydrogen-bond donors (Lipinski definition) is 2. The van der Waals surface area contributed by atoms with Crippen molar-refractivity contribution in [1.29, 1.82) is 0 Å². The molecule has 0 heterocycles. The van der Waals surface area contributed by atoms with E-state index in [1.807, 2.05) is 6.92 Å². The van der Waals surface area contributed by atoms with Crippen LogP contribution in [0.4, 0.5) is 4.39 Å². The van der Waals surface area contributed by atoms with E-state index in [2.05, 4.69) is 26.0 Å². The van der Waals surface area contributed by atoms with Crippen molar-refractivity contribution >= 4 is 26.0 Å². The monoisotopic (exact) mass is 338 g/mol. The molecule has 18 heavy (non-hydrogen) atoms. The van der Waals surface area contributed by atoms with Gasteiger partial charge < -0.3 is 5.32 Å². The third kappa shape index (κ3) is 4.01. The van der Waals surface area contributed by atoms with Gasteiger partial charge in [0, 0.05) is 13.1 Å². The number of halogens is 2. The molecule has 0 unspecified atom stereocenters. The summed E-state index contributed by atoms with van der Waals surface area (Å²) < 4.78 is 39.8. The van der Waals surface area contributed by atoms with Crippen LogP contribution in [-0.4, -0.2) is 28.1 Å². The summed E-state index contributed by atoms with van der Waals surface area (Å²) in [7, 11) is -3.60. The summed E-state index contributed by atoms with van der Waals surface area (Å²) in [5.41, 5.74) is 0.381. The van der Waals surface area contributed by atoms with E-state index in [1.54, 1.807) is 6.92 Å². The van der Waals surface area contributed by atoms with Gasteiger partial charge in [-0.05, 0) is 47.1 Å². The molecule has 0 saturated heterocycles. The topological polar surface area (TPSA) is 58.2 Å². The van der Waals surface area contributed by atoms with Crippen LogP contribution in [-0.2, 0) is 10.0 Å². The highest BCUT2D eigenvalue weighted by atomic mass is 79.9. The van der Waals surface area contributed by atoms with Gasteiger partial charge in [-0.15, -0.1) is 0 Å². The predicted molar refractivity (Wildman–Crippen MR) is 72.6 cm³/mol. The van der Waals surface area contributed by atoms with Crippen molar-refractivity contribution in [2.75, 3.05) is 19.6 Å². The van der Waals surface area contributed by atoms with Gasteiger partial charge in [-0.25, -0.2) is 17.5 Å². The molecule has 1 aromatic carbocycles. The summed E-state index contributed by atoms with van der Waals surface area (Å²) in [6.07, 6.45) is 0. The number of rotatable bonds is 6. The lowest BCUT2D eigenvalue weighted by Crippen LogP contribution is -2.32. The molecule has 1 rings (SSSR count). The fourth-order valence-corrected chi connectivity index (χ4v) is 3.22. The van der Waals surface area contributed by atoms with Crippen molar-refractivity contribution in [3.05, 3.63) is 28.0 Å². The second kappa shape index (κ2) is 6.60. The summed E-state index contributed by atoms with van der Waals surface area (Å²) in [4.78, 5) is 0.0901. The highest BCUT2D eigenvalue weighted by Crippen LogP contribution is 2.23. The second-order valence-electron chi connectivity index (χ2n) is 3.78. The molecule has 0 radical (unpaired) electrons. The highest BCUT2D eigenvalue weighted by Gasteiger charge is 2.18. The van der Waals surface area contributed by atoms with Crippen molar-refractivity contribution in [2.45, 2.75) is 18.7 Å². The predicted octanol–water partition coefficient (Wildman–Crippen LogP) is 1.78. The van der Waals surface area contributed by atoms with Gasteiger partial charge >= 0.3 is 0 Å². The zero-order valence-corrected chi connectivity index (χ0v) is 12.7. The minimum Gasteiger partial charge on any atom is -0.316 e. The Labute approximate surface area is 115 Å². The van der Waals surface area contributed by atoms with E-state index in [4.69, 9.17) is 0 Å². The lowest BCUT2D eigenvalue weighted by molar-refractivity contribution is 0.575. The van der Waals surface area contributed by atoms with Crippen molar-refractivity contribution < 1.29 is 12.8 Å². The Balaban J connectivity index is 2.88. The normalized spacial score (nSPS) is 11.8. The first-order valence-electron chi connectivity index (χ1n) is 5.54. The van der Waals surface area contributed by atoms with Crippen LogP contribution < -0.4 is 10.0 Å². The Kier molecular flexibility index (Phi) is 5.71. The van der Waals surface area contributed by atoms with Crippen LogP contribution >= 0.6 is 15.9 Å². The Morgan fingerprint density at radius 3 is 2.61 bits per heavy atom. The van der Waals surface area contributed by atoms with E-state index in [-0.39, 0.29) is 9.37 Å². The lowest BCUT2D eigenvalue weighted by Gasteiger charge is -2.10. The van der Waals surface area contributed by atoms with Crippen LogP contribution in [0.2, 0.25) is 0 Å². The SMILES string of the molecule is CCNCCNS(=O)(=O)c1cc(Br)c(F)cc1C. The van der Waals surface area contributed by atoms with Gasteiger partial charge in [0.25, 0.3) is 0 Å². The first-order chi connectivity index (χ1) is 8.38. The number of benzene rings is 1. The zero-order chi connectivity index (χ0) is 13.8. The average molecular weight is 339 g/mol. The molecule has 0 spiro atoms. The van der Waals surface area contributed by atoms with Crippen molar-refractivity contribution in [3.8, 4) is 0 Å². The van der Waals surface area contributed by atoms with Crippen LogP contribution in [0, 0.1) is 12.7 Å². The van der Waals surface area contributed by atoms with Crippen LogP contribution in [0.1, 0.15) is 12.5 Å². The van der Waals surface area contributed by atoms with Gasteiger partial charge in [-0.1, -0.05) is 6.92 Å². The molecular weight excluding hydrogens is 323 g/mol. The molecule has 0 amide bonds. The molecule has 2 N–H and O–H groups in total. The second-order valence-corrected chi connectivity index (χ2v) is 6.37. The number of aryl methyl sites for hydroxylation is 1. The summed E-state index contributed by atoms with van der Waals surface area (Å²) in [6.45, 7) is 5.13. The van der Waals surface area contributed by atoms with E-state index in [9.17, 15) is 12.8 Å². The largest absolute Gasteiger partial charge is 0.316 e. The summed E-state index contributed by atoms with van der Waals surface area (Å²) in [5, 5.41) is 3.01. The van der Waals surface area contributed by atoms with Gasteiger partial charge in [0.05, 0.1) is 9.37 Å². The molecule has 0 saturated carbocycles. The summed E-state index contributed by atoms with van der Waals surface area (Å²) in [6, 6.07) is 2.48. The molecule has 1 aromatic rings. The maximum absolute atomic E-state index is 13.2. The molecule has 4 nitrogen and oxygen atoms in total. The third-order valence-electron chi connectivity index (χ3n) is 2.35. The smallest absolute Gasteiger partial charge is 0.240 e. The Bertz CT molecular complexity index is 520. The van der Waals surface area contributed by atoms with Gasteiger partial charge in [0.2, 0.25) is 10.0 Å². The van der Waals surface area contributed by atoms with E-state index in [0.717, 1.165) is 6.54 Å². The van der Waals surface area contributed by atoms with Crippen molar-refractivity contribution in [3.63, 3.8) is 0 Å². The molecule has 0 aliphatic heterocycles. The molecular formula is C11H16BrFN2O2S. The van der Waals surface area contributed by atoms with Gasteiger partial charge in [-0.2, -0.15) is 0 Å². The molecule has 0 atom stereocenters. The minimum atomic E-state index is -3.60. The first-order valence-corrected chi connectivity index (χ1v) is 7.82. The molecule has 102 valence electrons. The van der Waals surface area contributed by atoms with Crippen LogP contribution in [0.25, 0.3) is 0 Å². The molecule has 7 heteroatoms. The van der Waals surface area contributed by atoms with Gasteiger partial charge in [-0.3, -0.25) is 0 Å². The maximum Gasteiger partial charge on any atom is 0.240 e. The average Bonchev–Trinajstić information content (AvgIpc) is 2.29. The lowest BCUT2D eigenvalue weighted by atomic mass is 10.2. The molecule has 0 aliphatic rings. The van der Waals surface area contributed by atoms with Gasteiger partial charge in [0.15, 0.2) is 0 Å².